The predicted octanol–water partition coefficient (Wildman–Crippen LogP) is 3.45. The summed E-state index contributed by atoms with van der Waals surface area (Å²) in [5.41, 5.74) is 1.38. The zero-order chi connectivity index (χ0) is 12.3. The van der Waals surface area contributed by atoms with E-state index in [-0.39, 0.29) is 5.60 Å². The Morgan fingerprint density at radius 2 is 2.18 bits per heavy atom. The van der Waals surface area contributed by atoms with Gasteiger partial charge in [-0.25, -0.2) is 0 Å². The van der Waals surface area contributed by atoms with E-state index in [0.29, 0.717) is 0 Å². The maximum absolute atomic E-state index is 5.62. The van der Waals surface area contributed by atoms with Crippen molar-refractivity contribution in [2.75, 3.05) is 20.2 Å². The van der Waals surface area contributed by atoms with Gasteiger partial charge in [0.25, 0.3) is 0 Å². The largest absolute Gasteiger partial charge is 0.377 e. The number of benzene rings is 1. The van der Waals surface area contributed by atoms with Crippen molar-refractivity contribution in [1.82, 2.24) is 4.90 Å². The Morgan fingerprint density at radius 3 is 2.88 bits per heavy atom. The Bertz CT molecular complexity index is 382. The summed E-state index contributed by atoms with van der Waals surface area (Å²) in [4.78, 5) is 2.48. The fourth-order valence-electron chi connectivity index (χ4n) is 2.48. The minimum absolute atomic E-state index is 0.0273. The zero-order valence-electron chi connectivity index (χ0n) is 10.6. The lowest BCUT2D eigenvalue weighted by Gasteiger charge is -2.39. The van der Waals surface area contributed by atoms with Crippen LogP contribution in [0.25, 0.3) is 0 Å². The first kappa shape index (κ1) is 13.1. The predicted molar refractivity (Wildman–Crippen MR) is 74.1 cm³/mol. The fourth-order valence-corrected chi connectivity index (χ4v) is 2.89. The molecule has 1 unspecified atom stereocenters. The van der Waals surface area contributed by atoms with Crippen LogP contribution in [0.3, 0.4) is 0 Å². The molecule has 0 spiro atoms. The Hall–Kier alpha value is -0.380. The van der Waals surface area contributed by atoms with Crippen LogP contribution in [0.4, 0.5) is 0 Å². The smallest absolute Gasteiger partial charge is 0.0777 e. The van der Waals surface area contributed by atoms with E-state index in [0.717, 1.165) is 19.5 Å². The van der Waals surface area contributed by atoms with Gasteiger partial charge in [0.15, 0.2) is 0 Å². The summed E-state index contributed by atoms with van der Waals surface area (Å²) in [7, 11) is 1.82. The first-order valence-corrected chi connectivity index (χ1v) is 6.93. The summed E-state index contributed by atoms with van der Waals surface area (Å²) >= 11 is 3.61. The molecular weight excluding hydrogens is 278 g/mol. The lowest BCUT2D eigenvalue weighted by molar-refractivity contribution is -0.0527. The van der Waals surface area contributed by atoms with Gasteiger partial charge in [-0.1, -0.05) is 34.1 Å². The molecule has 1 atom stereocenters. The van der Waals surface area contributed by atoms with Crippen molar-refractivity contribution in [2.24, 2.45) is 0 Å². The SMILES string of the molecule is COC1(C)CCCN(Cc2ccccc2Br)C1. The van der Waals surface area contributed by atoms with Crippen molar-refractivity contribution >= 4 is 15.9 Å². The molecule has 0 N–H and O–H groups in total. The molecule has 17 heavy (non-hydrogen) atoms. The molecule has 0 aromatic heterocycles. The van der Waals surface area contributed by atoms with E-state index in [2.05, 4.69) is 52.0 Å². The molecule has 2 rings (SSSR count). The van der Waals surface area contributed by atoms with Crippen LogP contribution in [0.1, 0.15) is 25.3 Å². The van der Waals surface area contributed by atoms with Crippen molar-refractivity contribution in [1.29, 1.82) is 0 Å². The van der Waals surface area contributed by atoms with Gasteiger partial charge in [0, 0.05) is 24.7 Å². The second-order valence-electron chi connectivity index (χ2n) is 5.06. The summed E-state index contributed by atoms with van der Waals surface area (Å²) in [5, 5.41) is 0. The Labute approximate surface area is 112 Å². The Morgan fingerprint density at radius 1 is 1.41 bits per heavy atom. The number of piperidine rings is 1. The maximum atomic E-state index is 5.62. The zero-order valence-corrected chi connectivity index (χ0v) is 12.2. The van der Waals surface area contributed by atoms with E-state index in [9.17, 15) is 0 Å². The van der Waals surface area contributed by atoms with Crippen LogP contribution >= 0.6 is 15.9 Å². The third-order valence-electron chi connectivity index (χ3n) is 3.58. The molecule has 94 valence electrons. The highest BCUT2D eigenvalue weighted by Crippen LogP contribution is 2.26. The van der Waals surface area contributed by atoms with E-state index in [1.165, 1.54) is 23.0 Å². The number of nitrogens with zero attached hydrogens (tertiary/aromatic N) is 1. The second kappa shape index (κ2) is 5.51. The molecule has 2 nitrogen and oxygen atoms in total. The maximum Gasteiger partial charge on any atom is 0.0777 e. The molecule has 0 aliphatic carbocycles. The van der Waals surface area contributed by atoms with Gasteiger partial charge in [-0.05, 0) is 37.9 Å². The van der Waals surface area contributed by atoms with Gasteiger partial charge in [0.2, 0.25) is 0 Å². The quantitative estimate of drug-likeness (QED) is 0.847. The first-order chi connectivity index (χ1) is 8.13. The van der Waals surface area contributed by atoms with E-state index in [1.54, 1.807) is 0 Å². The molecule has 0 amide bonds. The van der Waals surface area contributed by atoms with Crippen molar-refractivity contribution in [3.05, 3.63) is 34.3 Å². The highest BCUT2D eigenvalue weighted by Gasteiger charge is 2.30. The Balaban J connectivity index is 2.02. The lowest BCUT2D eigenvalue weighted by atomic mass is 9.94. The van der Waals surface area contributed by atoms with Crippen LogP contribution in [0, 0.1) is 0 Å². The molecule has 0 saturated carbocycles. The van der Waals surface area contributed by atoms with Crippen molar-refractivity contribution in [2.45, 2.75) is 31.9 Å². The second-order valence-corrected chi connectivity index (χ2v) is 5.91. The number of methoxy groups -OCH3 is 1. The molecule has 1 aromatic carbocycles. The standard InChI is InChI=1S/C14H20BrNO/c1-14(17-2)8-5-9-16(11-14)10-12-6-3-4-7-13(12)15/h3-4,6-7H,5,8-11H2,1-2H3. The summed E-state index contributed by atoms with van der Waals surface area (Å²) in [5.74, 6) is 0. The number of rotatable bonds is 3. The van der Waals surface area contributed by atoms with Gasteiger partial charge >= 0.3 is 0 Å². The van der Waals surface area contributed by atoms with E-state index in [4.69, 9.17) is 4.74 Å². The van der Waals surface area contributed by atoms with Gasteiger partial charge in [-0.15, -0.1) is 0 Å². The molecule has 0 bridgehead atoms. The summed E-state index contributed by atoms with van der Waals surface area (Å²) in [6.07, 6.45) is 2.38. The minimum atomic E-state index is 0.0273. The van der Waals surface area contributed by atoms with Crippen LogP contribution in [-0.2, 0) is 11.3 Å². The van der Waals surface area contributed by atoms with Crippen LogP contribution in [0.15, 0.2) is 28.7 Å². The molecule has 1 aliphatic rings. The average molecular weight is 298 g/mol. The van der Waals surface area contributed by atoms with E-state index < -0.39 is 0 Å². The topological polar surface area (TPSA) is 12.5 Å². The Kier molecular flexibility index (Phi) is 4.23. The molecular formula is C14H20BrNO. The number of halogens is 1. The number of likely N-dealkylation sites (tertiary alicyclic amines) is 1. The van der Waals surface area contributed by atoms with E-state index >= 15 is 0 Å². The summed E-state index contributed by atoms with van der Waals surface area (Å²) in [6.45, 7) is 5.39. The molecule has 1 aromatic rings. The van der Waals surface area contributed by atoms with Crippen molar-refractivity contribution < 1.29 is 4.74 Å². The normalized spacial score (nSPS) is 26.1. The molecule has 1 saturated heterocycles. The van der Waals surface area contributed by atoms with Gasteiger partial charge in [0.05, 0.1) is 5.60 Å². The number of ether oxygens (including phenoxy) is 1. The van der Waals surface area contributed by atoms with Crippen LogP contribution in [0.5, 0.6) is 0 Å². The van der Waals surface area contributed by atoms with Crippen LogP contribution in [0.2, 0.25) is 0 Å². The lowest BCUT2D eigenvalue weighted by Crippen LogP contribution is -2.46. The van der Waals surface area contributed by atoms with Gasteiger partial charge in [0.1, 0.15) is 0 Å². The van der Waals surface area contributed by atoms with Crippen LogP contribution < -0.4 is 0 Å². The third kappa shape index (κ3) is 3.30. The highest BCUT2D eigenvalue weighted by atomic mass is 79.9. The summed E-state index contributed by atoms with van der Waals surface area (Å²) < 4.78 is 6.82. The van der Waals surface area contributed by atoms with Crippen LogP contribution in [-0.4, -0.2) is 30.7 Å². The number of hydrogen-bond donors (Lipinski definition) is 0. The molecule has 1 aliphatic heterocycles. The molecule has 3 heteroatoms. The van der Waals surface area contributed by atoms with Crippen molar-refractivity contribution in [3.63, 3.8) is 0 Å². The first-order valence-electron chi connectivity index (χ1n) is 6.14. The van der Waals surface area contributed by atoms with Gasteiger partial charge < -0.3 is 4.74 Å². The molecule has 1 heterocycles. The third-order valence-corrected chi connectivity index (χ3v) is 4.36. The highest BCUT2D eigenvalue weighted by molar-refractivity contribution is 9.10. The monoisotopic (exact) mass is 297 g/mol. The van der Waals surface area contributed by atoms with E-state index in [1.807, 2.05) is 7.11 Å². The van der Waals surface area contributed by atoms with Gasteiger partial charge in [-0.3, -0.25) is 4.90 Å². The minimum Gasteiger partial charge on any atom is -0.377 e. The number of hydrogen-bond acceptors (Lipinski definition) is 2. The fraction of sp³-hybridized carbons (Fsp3) is 0.571. The van der Waals surface area contributed by atoms with Gasteiger partial charge in [-0.2, -0.15) is 0 Å². The molecule has 0 radical (unpaired) electrons. The van der Waals surface area contributed by atoms with Crippen molar-refractivity contribution in [3.8, 4) is 0 Å². The average Bonchev–Trinajstić information content (AvgIpc) is 2.32. The molecule has 1 fully saturated rings. The summed E-state index contributed by atoms with van der Waals surface area (Å²) in [6, 6.07) is 8.44.